The Morgan fingerprint density at radius 2 is 1.79 bits per heavy atom. The topological polar surface area (TPSA) is 52.1 Å². The Balaban J connectivity index is 1.54. The molecule has 0 saturated carbocycles. The van der Waals surface area contributed by atoms with E-state index in [4.69, 9.17) is 11.7 Å². The van der Waals surface area contributed by atoms with Crippen LogP contribution in [0.1, 0.15) is 42.8 Å². The molecule has 0 fully saturated rings. The minimum absolute atomic E-state index is 0.0601. The fourth-order valence-corrected chi connectivity index (χ4v) is 6.48. The predicted molar refractivity (Wildman–Crippen MR) is 150 cm³/mol. The summed E-state index contributed by atoms with van der Waals surface area (Å²) < 4.78 is 15.2. The Kier molecular flexibility index (Phi) is 6.03. The van der Waals surface area contributed by atoms with Crippen LogP contribution in [0.2, 0.25) is 0 Å². The number of hydrogen-bond donors (Lipinski definition) is 0. The fourth-order valence-electron chi connectivity index (χ4n) is 6.48. The van der Waals surface area contributed by atoms with E-state index in [9.17, 15) is 9.18 Å². The van der Waals surface area contributed by atoms with Crippen LogP contribution in [0.4, 0.5) is 4.39 Å². The molecule has 0 bridgehead atoms. The Morgan fingerprint density at radius 1 is 1.08 bits per heavy atom. The third-order valence-corrected chi connectivity index (χ3v) is 8.52. The van der Waals surface area contributed by atoms with Gasteiger partial charge in [-0.05, 0) is 61.1 Å². The van der Waals surface area contributed by atoms with Gasteiger partial charge in [0.25, 0.3) is 0 Å². The van der Waals surface area contributed by atoms with Crippen molar-refractivity contribution in [2.75, 3.05) is 0 Å². The summed E-state index contributed by atoms with van der Waals surface area (Å²) in [4.78, 5) is 20.7. The van der Waals surface area contributed by atoms with Crippen molar-refractivity contribution in [1.82, 2.24) is 14.8 Å². The second-order valence-corrected chi connectivity index (χ2v) is 10.9. The zero-order chi connectivity index (χ0) is 27.3. The summed E-state index contributed by atoms with van der Waals surface area (Å²) in [5, 5.41) is 5.19. The van der Waals surface area contributed by atoms with Gasteiger partial charge in [0, 0.05) is 28.7 Å². The maximum Gasteiger partial charge on any atom is 0.226 e. The molecule has 3 atom stereocenters. The number of pyridine rings is 1. The summed E-state index contributed by atoms with van der Waals surface area (Å²) in [6.45, 7) is 13.3. The fraction of sp³-hybridized carbons (Fsp3) is 0.273. The standard InChI is InChI=1S/C33H29FN4O/c1-20-5-7-23(8-6-20)30-27-13-14-28-21(2)31(39)29(35-4)18-33(28,3)32(27)38(37-30)26-11-9-22(10-12-26)24-15-16-36-25(17-24)19-34/h5-12,15-18,21,28H,13-14,19H2,1-3H3/t21-,28-,33-/m1/s1. The molecule has 194 valence electrons. The molecule has 0 aliphatic heterocycles. The van der Waals surface area contributed by atoms with Crippen molar-refractivity contribution in [2.24, 2.45) is 11.8 Å². The first-order valence-electron chi connectivity index (χ1n) is 13.3. The normalized spacial score (nSPS) is 22.0. The lowest BCUT2D eigenvalue weighted by Crippen LogP contribution is -2.46. The Bertz CT molecular complexity index is 1660. The Labute approximate surface area is 227 Å². The lowest BCUT2D eigenvalue weighted by molar-refractivity contribution is -0.121. The number of rotatable bonds is 4. The molecule has 6 heteroatoms. The van der Waals surface area contributed by atoms with Gasteiger partial charge in [0.2, 0.25) is 5.70 Å². The first-order chi connectivity index (χ1) is 18.8. The van der Waals surface area contributed by atoms with Gasteiger partial charge in [-0.2, -0.15) is 5.10 Å². The molecule has 0 N–H and O–H groups in total. The Hall–Kier alpha value is -4.37. The lowest BCUT2D eigenvalue weighted by atomic mass is 9.58. The van der Waals surface area contributed by atoms with Gasteiger partial charge in [-0.1, -0.05) is 61.9 Å². The van der Waals surface area contributed by atoms with E-state index in [0.29, 0.717) is 5.69 Å². The predicted octanol–water partition coefficient (Wildman–Crippen LogP) is 7.22. The number of aryl methyl sites for hydroxylation is 1. The number of nitrogens with zero attached hydrogens (tertiary/aromatic N) is 4. The first-order valence-corrected chi connectivity index (χ1v) is 13.3. The van der Waals surface area contributed by atoms with Crippen LogP contribution >= 0.6 is 0 Å². The summed E-state index contributed by atoms with van der Waals surface area (Å²) in [6.07, 6.45) is 5.20. The number of ketones is 1. The number of aromatic nitrogens is 3. The van der Waals surface area contributed by atoms with Crippen molar-refractivity contribution in [2.45, 2.75) is 45.7 Å². The number of carbonyl (C=O) groups is 1. The number of Topliss-reactive ketones (excluding diaryl/α,β-unsaturated/α-hetero) is 1. The van der Waals surface area contributed by atoms with Crippen molar-refractivity contribution < 1.29 is 9.18 Å². The van der Waals surface area contributed by atoms with Crippen LogP contribution in [0, 0.1) is 25.3 Å². The minimum Gasteiger partial charge on any atom is -0.308 e. The SMILES string of the molecule is [C-]#[N+]C1=C[C@@]2(C)c3c(c(-c4ccc(C)cc4)nn3-c3ccc(-c4ccnc(CF)c4)cc3)CC[C@@H]2[C@@H](C)C1=O. The minimum atomic E-state index is -0.603. The molecule has 6 rings (SSSR count). The quantitative estimate of drug-likeness (QED) is 0.269. The average molecular weight is 517 g/mol. The molecule has 0 saturated heterocycles. The molecule has 2 aliphatic rings. The molecule has 4 aromatic rings. The van der Waals surface area contributed by atoms with E-state index in [0.717, 1.165) is 46.6 Å². The van der Waals surface area contributed by atoms with Gasteiger partial charge < -0.3 is 4.79 Å². The van der Waals surface area contributed by atoms with E-state index < -0.39 is 12.1 Å². The van der Waals surface area contributed by atoms with Crippen LogP contribution in [0.25, 0.3) is 32.9 Å². The third-order valence-electron chi connectivity index (χ3n) is 8.52. The third kappa shape index (κ3) is 4.01. The van der Waals surface area contributed by atoms with Crippen LogP contribution in [0.5, 0.6) is 0 Å². The van der Waals surface area contributed by atoms with Crippen LogP contribution < -0.4 is 0 Å². The van der Waals surface area contributed by atoms with E-state index in [1.807, 2.05) is 48.0 Å². The number of halogens is 1. The molecule has 39 heavy (non-hydrogen) atoms. The van der Waals surface area contributed by atoms with Gasteiger partial charge in [-0.15, -0.1) is 0 Å². The highest BCUT2D eigenvalue weighted by molar-refractivity contribution is 6.00. The second kappa shape index (κ2) is 9.43. The smallest absolute Gasteiger partial charge is 0.226 e. The van der Waals surface area contributed by atoms with Crippen LogP contribution in [0.15, 0.2) is 78.6 Å². The number of alkyl halides is 1. The highest BCUT2D eigenvalue weighted by Gasteiger charge is 2.50. The summed E-state index contributed by atoms with van der Waals surface area (Å²) >= 11 is 0. The number of benzene rings is 2. The first kappa shape index (κ1) is 24.9. The van der Waals surface area contributed by atoms with Crippen molar-refractivity contribution >= 4 is 5.78 Å². The van der Waals surface area contributed by atoms with Gasteiger partial charge in [0.15, 0.2) is 5.78 Å². The number of allylic oxidation sites excluding steroid dienone is 2. The second-order valence-electron chi connectivity index (χ2n) is 10.9. The van der Waals surface area contributed by atoms with Crippen molar-refractivity contribution in [1.29, 1.82) is 0 Å². The maximum atomic E-state index is 13.2. The van der Waals surface area contributed by atoms with E-state index in [1.165, 1.54) is 11.1 Å². The maximum absolute atomic E-state index is 13.2. The molecular weight excluding hydrogens is 487 g/mol. The molecule has 2 aromatic heterocycles. The van der Waals surface area contributed by atoms with Gasteiger partial charge in [-0.25, -0.2) is 13.9 Å². The summed E-state index contributed by atoms with van der Waals surface area (Å²) in [5.41, 5.74) is 8.28. The number of fused-ring (bicyclic) bond motifs is 3. The van der Waals surface area contributed by atoms with E-state index in [1.54, 1.807) is 12.3 Å². The van der Waals surface area contributed by atoms with Gasteiger partial charge in [-0.3, -0.25) is 4.98 Å². The van der Waals surface area contributed by atoms with Crippen LogP contribution in [-0.4, -0.2) is 20.5 Å². The number of carbonyl (C=O) groups excluding carboxylic acids is 1. The molecule has 0 amide bonds. The highest BCUT2D eigenvalue weighted by atomic mass is 19.1. The monoisotopic (exact) mass is 516 g/mol. The molecule has 0 spiro atoms. The molecular formula is C33H29FN4O. The molecule has 5 nitrogen and oxygen atoms in total. The zero-order valence-corrected chi connectivity index (χ0v) is 22.3. The van der Waals surface area contributed by atoms with Crippen LogP contribution in [-0.2, 0) is 23.3 Å². The largest absolute Gasteiger partial charge is 0.308 e. The highest BCUT2D eigenvalue weighted by Crippen LogP contribution is 2.52. The number of hydrogen-bond acceptors (Lipinski definition) is 3. The van der Waals surface area contributed by atoms with E-state index in [2.05, 4.69) is 47.9 Å². The summed E-state index contributed by atoms with van der Waals surface area (Å²) in [7, 11) is 0. The van der Waals surface area contributed by atoms with Crippen molar-refractivity contribution in [3.63, 3.8) is 0 Å². The van der Waals surface area contributed by atoms with Crippen molar-refractivity contribution in [3.05, 3.63) is 113 Å². The lowest BCUT2D eigenvalue weighted by Gasteiger charge is -2.45. The average Bonchev–Trinajstić information content (AvgIpc) is 3.36. The molecule has 2 heterocycles. The Morgan fingerprint density at radius 3 is 2.49 bits per heavy atom. The van der Waals surface area contributed by atoms with Crippen molar-refractivity contribution in [3.8, 4) is 28.1 Å². The molecule has 0 radical (unpaired) electrons. The van der Waals surface area contributed by atoms with Gasteiger partial charge in [0.1, 0.15) is 6.67 Å². The summed E-state index contributed by atoms with van der Waals surface area (Å²) in [5.74, 6) is -0.211. The van der Waals surface area contributed by atoms with E-state index >= 15 is 0 Å². The van der Waals surface area contributed by atoms with Gasteiger partial charge in [0.05, 0.1) is 29.3 Å². The molecule has 2 aliphatic carbocycles. The van der Waals surface area contributed by atoms with Gasteiger partial charge >= 0.3 is 0 Å². The van der Waals surface area contributed by atoms with E-state index in [-0.39, 0.29) is 23.3 Å². The zero-order valence-electron chi connectivity index (χ0n) is 22.3. The molecule has 2 aromatic carbocycles. The summed E-state index contributed by atoms with van der Waals surface area (Å²) in [6, 6.07) is 20.2. The molecule has 0 unspecified atom stereocenters. The van der Waals surface area contributed by atoms with Crippen LogP contribution in [0.3, 0.4) is 0 Å².